The third kappa shape index (κ3) is 3.26. The molecule has 1 aliphatic rings. The lowest BCUT2D eigenvalue weighted by Gasteiger charge is -2.27. The number of hydrogen-bond acceptors (Lipinski definition) is 5. The number of ether oxygens (including phenoxy) is 2. The number of nitrogens with two attached hydrogens (primary N) is 1. The second-order valence-electron chi connectivity index (χ2n) is 5.45. The Balaban J connectivity index is 2.41. The van der Waals surface area contributed by atoms with E-state index in [4.69, 9.17) is 15.2 Å². The van der Waals surface area contributed by atoms with Gasteiger partial charge in [0.05, 0.1) is 30.8 Å². The van der Waals surface area contributed by atoms with Crippen LogP contribution in [-0.4, -0.2) is 19.1 Å². The van der Waals surface area contributed by atoms with Gasteiger partial charge in [-0.15, -0.1) is 0 Å². The maximum absolute atomic E-state index is 11.3. The second-order valence-corrected chi connectivity index (χ2v) is 5.45. The van der Waals surface area contributed by atoms with Crippen molar-refractivity contribution in [3.05, 3.63) is 27.8 Å². The van der Waals surface area contributed by atoms with Crippen molar-refractivity contribution in [1.82, 2.24) is 0 Å². The Hall–Kier alpha value is -1.82. The molecule has 0 unspecified atom stereocenters. The molecule has 1 saturated carbocycles. The fourth-order valence-electron chi connectivity index (χ4n) is 3.06. The summed E-state index contributed by atoms with van der Waals surface area (Å²) in [4.78, 5) is 10.9. The number of methoxy groups -OCH3 is 2. The molecule has 1 aromatic carbocycles. The van der Waals surface area contributed by atoms with Gasteiger partial charge < -0.3 is 15.2 Å². The molecule has 0 heterocycles. The van der Waals surface area contributed by atoms with E-state index in [2.05, 4.69) is 0 Å². The van der Waals surface area contributed by atoms with Gasteiger partial charge in [0.1, 0.15) is 0 Å². The molecule has 2 rings (SSSR count). The normalized spacial score (nSPS) is 17.3. The number of benzene rings is 1. The van der Waals surface area contributed by atoms with E-state index in [9.17, 15) is 10.1 Å². The lowest BCUT2D eigenvalue weighted by atomic mass is 9.81. The average Bonchev–Trinajstić information content (AvgIpc) is 2.53. The quantitative estimate of drug-likeness (QED) is 0.665. The second kappa shape index (κ2) is 6.76. The van der Waals surface area contributed by atoms with E-state index in [1.54, 1.807) is 6.07 Å². The molecule has 0 aliphatic heterocycles. The number of hydrogen-bond donors (Lipinski definition) is 1. The van der Waals surface area contributed by atoms with Crippen LogP contribution < -0.4 is 15.2 Å². The van der Waals surface area contributed by atoms with E-state index < -0.39 is 4.92 Å². The Morgan fingerprint density at radius 3 is 2.29 bits per heavy atom. The van der Waals surface area contributed by atoms with E-state index >= 15 is 0 Å². The molecule has 6 heteroatoms. The predicted octanol–water partition coefficient (Wildman–Crippen LogP) is 3.19. The topological polar surface area (TPSA) is 87.6 Å². The predicted molar refractivity (Wildman–Crippen MR) is 79.7 cm³/mol. The van der Waals surface area contributed by atoms with Gasteiger partial charge in [0, 0.05) is 6.04 Å². The van der Waals surface area contributed by atoms with Crippen LogP contribution in [0.2, 0.25) is 0 Å². The van der Waals surface area contributed by atoms with Gasteiger partial charge in [-0.1, -0.05) is 19.3 Å². The van der Waals surface area contributed by atoms with Crippen LogP contribution in [0.25, 0.3) is 0 Å². The van der Waals surface area contributed by atoms with E-state index in [1.807, 2.05) is 0 Å². The summed E-state index contributed by atoms with van der Waals surface area (Å²) < 4.78 is 10.4. The monoisotopic (exact) mass is 294 g/mol. The van der Waals surface area contributed by atoms with E-state index in [0.29, 0.717) is 17.1 Å². The molecule has 116 valence electrons. The molecule has 0 aromatic heterocycles. The van der Waals surface area contributed by atoms with Gasteiger partial charge >= 0.3 is 0 Å². The first-order chi connectivity index (χ1) is 10.1. The molecule has 1 aromatic rings. The van der Waals surface area contributed by atoms with Crippen LogP contribution in [0.3, 0.4) is 0 Å². The van der Waals surface area contributed by atoms with Crippen molar-refractivity contribution in [3.8, 4) is 11.5 Å². The molecule has 1 aliphatic carbocycles. The van der Waals surface area contributed by atoms with Gasteiger partial charge in [-0.25, -0.2) is 0 Å². The molecule has 1 fully saturated rings. The van der Waals surface area contributed by atoms with Crippen LogP contribution in [0.15, 0.2) is 12.1 Å². The SMILES string of the molecule is COc1cc([C@@H](N)C2CCCCC2)c([N+](=O)[O-])cc1OC. The summed E-state index contributed by atoms with van der Waals surface area (Å²) in [6.45, 7) is 0. The van der Waals surface area contributed by atoms with Crippen LogP contribution in [0.4, 0.5) is 5.69 Å². The first-order valence-electron chi connectivity index (χ1n) is 7.24. The van der Waals surface area contributed by atoms with Crippen molar-refractivity contribution >= 4 is 5.69 Å². The lowest BCUT2D eigenvalue weighted by molar-refractivity contribution is -0.385. The molecule has 2 N–H and O–H groups in total. The third-order valence-corrected chi connectivity index (χ3v) is 4.25. The Morgan fingerprint density at radius 1 is 1.19 bits per heavy atom. The zero-order valence-corrected chi connectivity index (χ0v) is 12.5. The standard InChI is InChI=1S/C15H22N2O4/c1-20-13-8-11(12(17(18)19)9-14(13)21-2)15(16)10-6-4-3-5-7-10/h8-10,15H,3-7,16H2,1-2H3/t15-/m0/s1. The highest BCUT2D eigenvalue weighted by atomic mass is 16.6. The molecule has 21 heavy (non-hydrogen) atoms. The highest BCUT2D eigenvalue weighted by Crippen LogP contribution is 2.41. The number of nitro groups is 1. The lowest BCUT2D eigenvalue weighted by Crippen LogP contribution is -2.24. The van der Waals surface area contributed by atoms with Crippen molar-refractivity contribution < 1.29 is 14.4 Å². The summed E-state index contributed by atoms with van der Waals surface area (Å²) in [5.41, 5.74) is 6.86. The number of nitrogens with zero attached hydrogens (tertiary/aromatic N) is 1. The van der Waals surface area contributed by atoms with Gasteiger partial charge in [0.2, 0.25) is 0 Å². The summed E-state index contributed by atoms with van der Waals surface area (Å²) in [5, 5.41) is 11.3. The number of nitro benzene ring substituents is 1. The summed E-state index contributed by atoms with van der Waals surface area (Å²) in [6.07, 6.45) is 5.54. The van der Waals surface area contributed by atoms with Gasteiger partial charge in [-0.05, 0) is 24.8 Å². The molecular weight excluding hydrogens is 272 g/mol. The molecule has 0 radical (unpaired) electrons. The fourth-order valence-corrected chi connectivity index (χ4v) is 3.06. The van der Waals surface area contributed by atoms with Crippen molar-refractivity contribution in [2.24, 2.45) is 11.7 Å². The Morgan fingerprint density at radius 2 is 1.76 bits per heavy atom. The first-order valence-corrected chi connectivity index (χ1v) is 7.24. The zero-order valence-electron chi connectivity index (χ0n) is 12.5. The highest BCUT2D eigenvalue weighted by Gasteiger charge is 2.29. The first kappa shape index (κ1) is 15.6. The van der Waals surface area contributed by atoms with Gasteiger partial charge in [0.25, 0.3) is 5.69 Å². The molecule has 0 spiro atoms. The van der Waals surface area contributed by atoms with Gasteiger partial charge in [-0.3, -0.25) is 10.1 Å². The summed E-state index contributed by atoms with van der Waals surface area (Å²) in [6, 6.07) is 2.71. The van der Waals surface area contributed by atoms with E-state index in [-0.39, 0.29) is 17.6 Å². The summed E-state index contributed by atoms with van der Waals surface area (Å²) in [7, 11) is 2.97. The minimum absolute atomic E-state index is 0.00530. The van der Waals surface area contributed by atoms with Gasteiger partial charge in [-0.2, -0.15) is 0 Å². The van der Waals surface area contributed by atoms with Crippen LogP contribution in [0.1, 0.15) is 43.7 Å². The molecule has 0 amide bonds. The molecule has 6 nitrogen and oxygen atoms in total. The molecule has 0 saturated heterocycles. The van der Waals surface area contributed by atoms with Crippen molar-refractivity contribution in [2.75, 3.05) is 14.2 Å². The summed E-state index contributed by atoms with van der Waals surface area (Å²) >= 11 is 0. The fraction of sp³-hybridized carbons (Fsp3) is 0.600. The Labute approximate surface area is 124 Å². The molecule has 1 atom stereocenters. The van der Waals surface area contributed by atoms with Crippen LogP contribution in [-0.2, 0) is 0 Å². The van der Waals surface area contributed by atoms with E-state index in [0.717, 1.165) is 25.7 Å². The minimum atomic E-state index is -0.403. The zero-order chi connectivity index (χ0) is 15.4. The maximum Gasteiger partial charge on any atom is 0.278 e. The maximum atomic E-state index is 11.3. The Kier molecular flexibility index (Phi) is 5.01. The molecule has 0 bridgehead atoms. The third-order valence-electron chi connectivity index (χ3n) is 4.25. The number of rotatable bonds is 5. The van der Waals surface area contributed by atoms with E-state index in [1.165, 1.54) is 26.7 Å². The minimum Gasteiger partial charge on any atom is -0.493 e. The molecular formula is C15H22N2O4. The largest absolute Gasteiger partial charge is 0.493 e. The smallest absolute Gasteiger partial charge is 0.278 e. The van der Waals surface area contributed by atoms with Crippen molar-refractivity contribution in [1.29, 1.82) is 0 Å². The highest BCUT2D eigenvalue weighted by molar-refractivity contribution is 5.55. The van der Waals surface area contributed by atoms with Crippen LogP contribution in [0, 0.1) is 16.0 Å². The van der Waals surface area contributed by atoms with Crippen LogP contribution >= 0.6 is 0 Å². The Bertz CT molecular complexity index is 513. The van der Waals surface area contributed by atoms with Crippen molar-refractivity contribution in [2.45, 2.75) is 38.1 Å². The summed E-state index contributed by atoms with van der Waals surface area (Å²) in [5.74, 6) is 1.11. The average molecular weight is 294 g/mol. The van der Waals surface area contributed by atoms with Crippen LogP contribution in [0.5, 0.6) is 11.5 Å². The van der Waals surface area contributed by atoms with Gasteiger partial charge in [0.15, 0.2) is 11.5 Å². The van der Waals surface area contributed by atoms with Crippen molar-refractivity contribution in [3.63, 3.8) is 0 Å².